The largest absolute Gasteiger partial charge is 0.527 e. The van der Waals surface area contributed by atoms with Crippen molar-refractivity contribution in [2.24, 2.45) is 5.90 Å². The Hall–Kier alpha value is -0.770. The molecule has 0 heterocycles. The molecule has 0 amide bonds. The van der Waals surface area contributed by atoms with Gasteiger partial charge in [-0.1, -0.05) is 6.42 Å². The van der Waals surface area contributed by atoms with Crippen molar-refractivity contribution in [3.63, 3.8) is 0 Å². The molecule has 0 bridgehead atoms. The van der Waals surface area contributed by atoms with Gasteiger partial charge in [0.25, 0.3) is 0 Å². The van der Waals surface area contributed by atoms with E-state index in [0.717, 1.165) is 25.7 Å². The molecular formula is C7H13NO3. The van der Waals surface area contributed by atoms with Crippen LogP contribution in [0, 0.1) is 0 Å². The third kappa shape index (κ3) is 2.76. The zero-order chi connectivity index (χ0) is 8.10. The summed E-state index contributed by atoms with van der Waals surface area (Å²) in [6.07, 6.45) is 4.63. The monoisotopic (exact) mass is 159 g/mol. The smallest absolute Gasteiger partial charge is 0.430 e. The highest BCUT2D eigenvalue weighted by Crippen LogP contribution is 2.20. The van der Waals surface area contributed by atoms with Crippen LogP contribution < -0.4 is 5.90 Å². The van der Waals surface area contributed by atoms with Gasteiger partial charge >= 0.3 is 6.16 Å². The molecule has 2 N–H and O–H groups in total. The Morgan fingerprint density at radius 3 is 2.45 bits per heavy atom. The molecule has 0 spiro atoms. The van der Waals surface area contributed by atoms with Crippen molar-refractivity contribution in [3.8, 4) is 0 Å². The lowest BCUT2D eigenvalue weighted by Gasteiger charge is -2.20. The minimum atomic E-state index is -0.767. The number of carbonyl (C=O) groups is 1. The lowest BCUT2D eigenvalue weighted by atomic mass is 9.98. The van der Waals surface area contributed by atoms with Crippen molar-refractivity contribution in [1.29, 1.82) is 0 Å². The Labute approximate surface area is 65.6 Å². The van der Waals surface area contributed by atoms with Gasteiger partial charge in [-0.25, -0.2) is 4.79 Å². The van der Waals surface area contributed by atoms with E-state index < -0.39 is 6.16 Å². The molecule has 4 heteroatoms. The van der Waals surface area contributed by atoms with Crippen LogP contribution >= 0.6 is 0 Å². The summed E-state index contributed by atoms with van der Waals surface area (Å²) in [5.74, 6) is 4.61. The Balaban J connectivity index is 2.19. The normalized spacial score (nSPS) is 19.4. The summed E-state index contributed by atoms with van der Waals surface area (Å²) in [6.45, 7) is 0. The fourth-order valence-electron chi connectivity index (χ4n) is 1.35. The summed E-state index contributed by atoms with van der Waals surface area (Å²) in [5.41, 5.74) is 0. The van der Waals surface area contributed by atoms with Gasteiger partial charge in [0.1, 0.15) is 6.10 Å². The highest BCUT2D eigenvalue weighted by Gasteiger charge is 2.17. The van der Waals surface area contributed by atoms with Gasteiger partial charge in [-0.2, -0.15) is 5.90 Å². The van der Waals surface area contributed by atoms with Crippen LogP contribution in [-0.4, -0.2) is 12.3 Å². The van der Waals surface area contributed by atoms with Crippen LogP contribution in [0.5, 0.6) is 0 Å². The van der Waals surface area contributed by atoms with Gasteiger partial charge in [0.05, 0.1) is 0 Å². The van der Waals surface area contributed by atoms with E-state index in [1.54, 1.807) is 0 Å². The summed E-state index contributed by atoms with van der Waals surface area (Å²) in [7, 11) is 0. The minimum absolute atomic E-state index is 0.0276. The fraction of sp³-hybridized carbons (Fsp3) is 0.857. The maximum absolute atomic E-state index is 10.5. The van der Waals surface area contributed by atoms with Gasteiger partial charge in [-0.3, -0.25) is 0 Å². The third-order valence-corrected chi connectivity index (χ3v) is 1.91. The Morgan fingerprint density at radius 1 is 1.27 bits per heavy atom. The van der Waals surface area contributed by atoms with Crippen molar-refractivity contribution in [2.75, 3.05) is 0 Å². The van der Waals surface area contributed by atoms with Gasteiger partial charge < -0.3 is 9.57 Å². The quantitative estimate of drug-likeness (QED) is 0.463. The minimum Gasteiger partial charge on any atom is -0.430 e. The van der Waals surface area contributed by atoms with E-state index in [1.807, 2.05) is 0 Å². The molecule has 11 heavy (non-hydrogen) atoms. The van der Waals surface area contributed by atoms with Crippen LogP contribution in [0.1, 0.15) is 32.1 Å². The lowest BCUT2D eigenvalue weighted by Crippen LogP contribution is -2.23. The highest BCUT2D eigenvalue weighted by molar-refractivity contribution is 5.59. The van der Waals surface area contributed by atoms with E-state index in [-0.39, 0.29) is 6.10 Å². The summed E-state index contributed by atoms with van der Waals surface area (Å²) >= 11 is 0. The van der Waals surface area contributed by atoms with Crippen LogP contribution in [0.2, 0.25) is 0 Å². The van der Waals surface area contributed by atoms with Crippen LogP contribution in [0.3, 0.4) is 0 Å². The number of carbonyl (C=O) groups excluding carboxylic acids is 1. The SMILES string of the molecule is NOC(=O)OC1CCCCC1. The van der Waals surface area contributed by atoms with Crippen molar-refractivity contribution in [3.05, 3.63) is 0 Å². The van der Waals surface area contributed by atoms with E-state index in [4.69, 9.17) is 4.74 Å². The topological polar surface area (TPSA) is 61.5 Å². The van der Waals surface area contributed by atoms with Crippen molar-refractivity contribution < 1.29 is 14.4 Å². The van der Waals surface area contributed by atoms with Gasteiger partial charge in [0.2, 0.25) is 0 Å². The predicted molar refractivity (Wildman–Crippen MR) is 38.6 cm³/mol. The summed E-state index contributed by atoms with van der Waals surface area (Å²) in [6, 6.07) is 0. The maximum atomic E-state index is 10.5. The van der Waals surface area contributed by atoms with Crippen molar-refractivity contribution in [1.82, 2.24) is 0 Å². The third-order valence-electron chi connectivity index (χ3n) is 1.91. The average Bonchev–Trinajstić information content (AvgIpc) is 2.06. The number of ether oxygens (including phenoxy) is 1. The van der Waals surface area contributed by atoms with Crippen LogP contribution in [0.4, 0.5) is 4.79 Å². The summed E-state index contributed by atoms with van der Waals surface area (Å²) < 4.78 is 4.85. The van der Waals surface area contributed by atoms with E-state index in [0.29, 0.717) is 0 Å². The van der Waals surface area contributed by atoms with Gasteiger partial charge in [0, 0.05) is 0 Å². The molecule has 1 saturated carbocycles. The molecule has 0 aromatic carbocycles. The second-order valence-electron chi connectivity index (χ2n) is 2.75. The Kier molecular flexibility index (Phi) is 3.16. The molecule has 0 atom stereocenters. The molecule has 1 aliphatic carbocycles. The first-order chi connectivity index (χ1) is 5.33. The van der Waals surface area contributed by atoms with Gasteiger partial charge in [-0.05, 0) is 25.7 Å². The number of hydrogen-bond donors (Lipinski definition) is 1. The molecular weight excluding hydrogens is 146 g/mol. The molecule has 1 fully saturated rings. The van der Waals surface area contributed by atoms with E-state index >= 15 is 0 Å². The Bertz CT molecular complexity index is 132. The van der Waals surface area contributed by atoms with Crippen molar-refractivity contribution in [2.45, 2.75) is 38.2 Å². The number of hydrogen-bond acceptors (Lipinski definition) is 4. The molecule has 0 radical (unpaired) electrons. The van der Waals surface area contributed by atoms with Crippen LogP contribution in [0.25, 0.3) is 0 Å². The molecule has 1 aliphatic rings. The van der Waals surface area contributed by atoms with Gasteiger partial charge in [0.15, 0.2) is 0 Å². The number of rotatable bonds is 1. The van der Waals surface area contributed by atoms with Crippen LogP contribution in [-0.2, 0) is 9.57 Å². The zero-order valence-corrected chi connectivity index (χ0v) is 6.41. The van der Waals surface area contributed by atoms with Crippen molar-refractivity contribution >= 4 is 6.16 Å². The molecule has 64 valence electrons. The predicted octanol–water partition coefficient (Wildman–Crippen LogP) is 1.35. The molecule has 4 nitrogen and oxygen atoms in total. The second-order valence-corrected chi connectivity index (χ2v) is 2.75. The molecule has 0 aliphatic heterocycles. The molecule has 0 unspecified atom stereocenters. The summed E-state index contributed by atoms with van der Waals surface area (Å²) in [4.78, 5) is 14.4. The first-order valence-electron chi connectivity index (χ1n) is 3.90. The zero-order valence-electron chi connectivity index (χ0n) is 6.41. The fourth-order valence-corrected chi connectivity index (χ4v) is 1.35. The van der Waals surface area contributed by atoms with Gasteiger partial charge in [-0.15, -0.1) is 0 Å². The van der Waals surface area contributed by atoms with Crippen LogP contribution in [0.15, 0.2) is 0 Å². The van der Waals surface area contributed by atoms with E-state index in [2.05, 4.69) is 10.7 Å². The number of nitrogens with two attached hydrogens (primary N) is 1. The van der Waals surface area contributed by atoms with E-state index in [1.165, 1.54) is 6.42 Å². The Morgan fingerprint density at radius 2 is 1.91 bits per heavy atom. The van der Waals surface area contributed by atoms with E-state index in [9.17, 15) is 4.79 Å². The standard InChI is InChI=1S/C7H13NO3/c8-11-7(9)10-6-4-2-1-3-5-6/h6H,1-5,8H2. The average molecular weight is 159 g/mol. The molecule has 0 aromatic heterocycles. The second kappa shape index (κ2) is 4.18. The molecule has 0 aromatic rings. The first-order valence-corrected chi connectivity index (χ1v) is 3.90. The highest BCUT2D eigenvalue weighted by atomic mass is 16.8. The lowest BCUT2D eigenvalue weighted by molar-refractivity contribution is 0.0108. The first kappa shape index (κ1) is 8.33. The maximum Gasteiger partial charge on any atom is 0.527 e. The molecule has 0 saturated heterocycles. The summed E-state index contributed by atoms with van der Waals surface area (Å²) in [5, 5.41) is 0. The molecule has 1 rings (SSSR count).